The van der Waals surface area contributed by atoms with Gasteiger partial charge in [-0.3, -0.25) is 0 Å². The van der Waals surface area contributed by atoms with Crippen LogP contribution in [-0.4, -0.2) is 17.3 Å². The van der Waals surface area contributed by atoms with Crippen LogP contribution >= 0.6 is 0 Å². The first-order valence-corrected chi connectivity index (χ1v) is 4.66. The number of hydrogen-bond acceptors (Lipinski definition) is 4. The van der Waals surface area contributed by atoms with Crippen molar-refractivity contribution in [3.63, 3.8) is 0 Å². The van der Waals surface area contributed by atoms with Crippen LogP contribution in [0.5, 0.6) is 5.75 Å². The van der Waals surface area contributed by atoms with Crippen LogP contribution in [0.2, 0.25) is 0 Å². The predicted octanol–water partition coefficient (Wildman–Crippen LogP) is 3.00. The molecule has 1 heterocycles. The molecule has 0 unspecified atom stereocenters. The summed E-state index contributed by atoms with van der Waals surface area (Å²) in [5.74, 6) is 2.04. The van der Waals surface area contributed by atoms with Crippen molar-refractivity contribution in [1.82, 2.24) is 10.1 Å². The van der Waals surface area contributed by atoms with Gasteiger partial charge in [0.2, 0.25) is 11.7 Å². The Balaban J connectivity index is 0.00000128. The normalized spacial score (nSPS) is 9.69. The van der Waals surface area contributed by atoms with Crippen LogP contribution in [0.1, 0.15) is 18.9 Å². The number of rotatable bonds is 2. The molecule has 4 heteroatoms. The van der Waals surface area contributed by atoms with Gasteiger partial charge in [-0.05, 0) is 30.7 Å². The molecule has 0 amide bonds. The highest BCUT2D eigenvalue weighted by Gasteiger charge is 2.07. The predicted molar refractivity (Wildman–Crippen MR) is 62.5 cm³/mol. The van der Waals surface area contributed by atoms with Gasteiger partial charge in [0.05, 0.1) is 7.11 Å². The summed E-state index contributed by atoms with van der Waals surface area (Å²) >= 11 is 0. The molecule has 0 aliphatic carbocycles. The number of benzene rings is 1. The first-order chi connectivity index (χ1) is 7.20. The molecule has 1 aromatic carbocycles. The molecular formula is C12H16N2O2. The summed E-state index contributed by atoms with van der Waals surface area (Å²) in [6, 6.07) is 5.79. The fourth-order valence-corrected chi connectivity index (χ4v) is 1.43. The van der Waals surface area contributed by atoms with Crippen LogP contribution in [0, 0.1) is 13.8 Å². The molecule has 4 nitrogen and oxygen atoms in total. The number of methoxy groups -OCH3 is 1. The van der Waals surface area contributed by atoms with Crippen molar-refractivity contribution in [2.75, 3.05) is 7.11 Å². The maximum absolute atomic E-state index is 5.18. The van der Waals surface area contributed by atoms with E-state index in [1.54, 1.807) is 14.0 Å². The molecule has 0 aliphatic heterocycles. The number of aromatic nitrogens is 2. The topological polar surface area (TPSA) is 48.2 Å². The van der Waals surface area contributed by atoms with E-state index in [0.717, 1.165) is 16.9 Å². The van der Waals surface area contributed by atoms with E-state index in [-0.39, 0.29) is 7.43 Å². The van der Waals surface area contributed by atoms with E-state index in [1.807, 2.05) is 25.1 Å². The van der Waals surface area contributed by atoms with Gasteiger partial charge in [-0.25, -0.2) is 0 Å². The molecule has 2 rings (SSSR count). The minimum absolute atomic E-state index is 0. The third kappa shape index (κ3) is 2.21. The Morgan fingerprint density at radius 1 is 1.25 bits per heavy atom. The molecule has 0 bridgehead atoms. The standard InChI is InChI=1S/C11H12N2O2.CH4/c1-7-6-9(4-5-10(7)14-3)11-12-8(2)15-13-11;/h4-6H,1-3H3;1H4. The SMILES string of the molecule is C.COc1ccc(-c2noc(C)n2)cc1C. The Morgan fingerprint density at radius 2 is 2.00 bits per heavy atom. The van der Waals surface area contributed by atoms with Crippen LogP contribution in [-0.2, 0) is 0 Å². The zero-order chi connectivity index (χ0) is 10.8. The lowest BCUT2D eigenvalue weighted by molar-refractivity contribution is 0.394. The average molecular weight is 220 g/mol. The van der Waals surface area contributed by atoms with Crippen molar-refractivity contribution in [2.45, 2.75) is 21.3 Å². The van der Waals surface area contributed by atoms with Crippen molar-refractivity contribution >= 4 is 0 Å². The first-order valence-electron chi connectivity index (χ1n) is 4.66. The molecule has 16 heavy (non-hydrogen) atoms. The molecule has 0 atom stereocenters. The fraction of sp³-hybridized carbons (Fsp3) is 0.333. The van der Waals surface area contributed by atoms with E-state index in [9.17, 15) is 0 Å². The lowest BCUT2D eigenvalue weighted by atomic mass is 10.1. The van der Waals surface area contributed by atoms with Crippen LogP contribution in [0.15, 0.2) is 22.7 Å². The van der Waals surface area contributed by atoms with Crippen LogP contribution in [0.3, 0.4) is 0 Å². The summed E-state index contributed by atoms with van der Waals surface area (Å²) in [7, 11) is 1.65. The summed E-state index contributed by atoms with van der Waals surface area (Å²) in [4.78, 5) is 4.16. The van der Waals surface area contributed by atoms with Gasteiger partial charge in [0, 0.05) is 12.5 Å². The molecule has 0 radical (unpaired) electrons. The van der Waals surface area contributed by atoms with Crippen LogP contribution < -0.4 is 4.74 Å². The molecule has 1 aromatic heterocycles. The monoisotopic (exact) mass is 220 g/mol. The zero-order valence-corrected chi connectivity index (χ0v) is 8.94. The molecule has 2 aromatic rings. The lowest BCUT2D eigenvalue weighted by Crippen LogP contribution is -1.88. The molecular weight excluding hydrogens is 204 g/mol. The van der Waals surface area contributed by atoms with Crippen LogP contribution in [0.25, 0.3) is 11.4 Å². The zero-order valence-electron chi connectivity index (χ0n) is 8.94. The number of ether oxygens (including phenoxy) is 1. The van der Waals surface area contributed by atoms with Gasteiger partial charge in [-0.1, -0.05) is 12.6 Å². The van der Waals surface area contributed by atoms with Gasteiger partial charge in [0.15, 0.2) is 0 Å². The maximum Gasteiger partial charge on any atom is 0.223 e. The number of nitrogens with zero attached hydrogens (tertiary/aromatic N) is 2. The quantitative estimate of drug-likeness (QED) is 0.780. The number of hydrogen-bond donors (Lipinski definition) is 0. The summed E-state index contributed by atoms with van der Waals surface area (Å²) in [5, 5.41) is 3.86. The minimum atomic E-state index is 0. The summed E-state index contributed by atoms with van der Waals surface area (Å²) in [6.45, 7) is 3.75. The maximum atomic E-state index is 5.18. The highest BCUT2D eigenvalue weighted by molar-refractivity contribution is 5.58. The van der Waals surface area contributed by atoms with E-state index < -0.39 is 0 Å². The summed E-state index contributed by atoms with van der Waals surface area (Å²) in [6.07, 6.45) is 0. The highest BCUT2D eigenvalue weighted by atomic mass is 16.5. The van der Waals surface area contributed by atoms with Gasteiger partial charge in [0.1, 0.15) is 5.75 Å². The second-order valence-corrected chi connectivity index (χ2v) is 3.32. The number of aryl methyl sites for hydroxylation is 2. The Kier molecular flexibility index (Phi) is 3.66. The van der Waals surface area contributed by atoms with Crippen molar-refractivity contribution < 1.29 is 9.26 Å². The van der Waals surface area contributed by atoms with Gasteiger partial charge >= 0.3 is 0 Å². The Hall–Kier alpha value is -1.84. The largest absolute Gasteiger partial charge is 0.496 e. The van der Waals surface area contributed by atoms with E-state index in [2.05, 4.69) is 10.1 Å². The minimum Gasteiger partial charge on any atom is -0.496 e. The Bertz CT molecular complexity index is 478. The third-order valence-corrected chi connectivity index (χ3v) is 2.18. The second kappa shape index (κ2) is 4.79. The Morgan fingerprint density at radius 3 is 2.50 bits per heavy atom. The lowest BCUT2D eigenvalue weighted by Gasteiger charge is -2.04. The van der Waals surface area contributed by atoms with Gasteiger partial charge in [-0.15, -0.1) is 0 Å². The van der Waals surface area contributed by atoms with E-state index >= 15 is 0 Å². The molecule has 0 fully saturated rings. The van der Waals surface area contributed by atoms with Gasteiger partial charge in [-0.2, -0.15) is 4.98 Å². The molecule has 0 spiro atoms. The highest BCUT2D eigenvalue weighted by Crippen LogP contribution is 2.23. The van der Waals surface area contributed by atoms with E-state index in [4.69, 9.17) is 9.26 Å². The van der Waals surface area contributed by atoms with Gasteiger partial charge in [0.25, 0.3) is 0 Å². The van der Waals surface area contributed by atoms with E-state index in [0.29, 0.717) is 11.7 Å². The average Bonchev–Trinajstić information content (AvgIpc) is 2.65. The first kappa shape index (κ1) is 12.2. The van der Waals surface area contributed by atoms with Crippen molar-refractivity contribution in [1.29, 1.82) is 0 Å². The second-order valence-electron chi connectivity index (χ2n) is 3.32. The van der Waals surface area contributed by atoms with Crippen molar-refractivity contribution in [3.8, 4) is 17.1 Å². The summed E-state index contributed by atoms with van der Waals surface area (Å²) in [5.41, 5.74) is 1.99. The van der Waals surface area contributed by atoms with Crippen molar-refractivity contribution in [2.24, 2.45) is 0 Å². The Labute approximate surface area is 95.3 Å². The van der Waals surface area contributed by atoms with E-state index in [1.165, 1.54) is 0 Å². The molecule has 0 aliphatic rings. The molecule has 0 saturated heterocycles. The third-order valence-electron chi connectivity index (χ3n) is 2.18. The van der Waals surface area contributed by atoms with Crippen LogP contribution in [0.4, 0.5) is 0 Å². The molecule has 0 N–H and O–H groups in total. The molecule has 86 valence electrons. The van der Waals surface area contributed by atoms with Gasteiger partial charge < -0.3 is 9.26 Å². The smallest absolute Gasteiger partial charge is 0.223 e. The summed E-state index contributed by atoms with van der Waals surface area (Å²) < 4.78 is 10.1. The fourth-order valence-electron chi connectivity index (χ4n) is 1.43. The van der Waals surface area contributed by atoms with Crippen molar-refractivity contribution in [3.05, 3.63) is 29.7 Å². The molecule has 0 saturated carbocycles.